The zero-order valence-corrected chi connectivity index (χ0v) is 13.9. The Labute approximate surface area is 146 Å². The van der Waals surface area contributed by atoms with E-state index in [9.17, 15) is 27.7 Å². The van der Waals surface area contributed by atoms with Crippen LogP contribution in [0.1, 0.15) is 30.1 Å². The van der Waals surface area contributed by atoms with E-state index in [2.05, 4.69) is 10.0 Å². The molecule has 0 aliphatic heterocycles. The molecule has 0 atom stereocenters. The van der Waals surface area contributed by atoms with Gasteiger partial charge >= 0.3 is 5.97 Å². The molecule has 26 heavy (non-hydrogen) atoms. The second kappa shape index (κ2) is 7.98. The largest absolute Gasteiger partial charge is 0.491 e. The van der Waals surface area contributed by atoms with Gasteiger partial charge in [0.2, 0.25) is 11.6 Å². The first-order chi connectivity index (χ1) is 12.3. The fourth-order valence-electron chi connectivity index (χ4n) is 2.15. The molecule has 0 bridgehead atoms. The summed E-state index contributed by atoms with van der Waals surface area (Å²) < 4.78 is 50.7. The second-order valence-electron chi connectivity index (χ2n) is 5.35. The van der Waals surface area contributed by atoms with Gasteiger partial charge in [0.25, 0.3) is 0 Å². The highest BCUT2D eigenvalue weighted by atomic mass is 19.2. The molecule has 0 saturated heterocycles. The van der Waals surface area contributed by atoms with Crippen molar-refractivity contribution in [3.05, 3.63) is 45.8 Å². The van der Waals surface area contributed by atoms with E-state index in [1.807, 2.05) is 0 Å². The minimum atomic E-state index is -1.61. The normalized spacial score (nSPS) is 14.0. The second-order valence-corrected chi connectivity index (χ2v) is 5.35. The number of ether oxygens (including phenoxy) is 2. The van der Waals surface area contributed by atoms with Crippen LogP contribution in [0, 0.1) is 22.4 Å². The van der Waals surface area contributed by atoms with Crippen molar-refractivity contribution < 1.29 is 32.2 Å². The molecule has 0 spiro atoms. The summed E-state index contributed by atoms with van der Waals surface area (Å²) in [4.78, 5) is 35.5. The summed E-state index contributed by atoms with van der Waals surface area (Å²) in [7, 11) is 0.891. The summed E-state index contributed by atoms with van der Waals surface area (Å²) in [6.07, 6.45) is 2.04. The van der Waals surface area contributed by atoms with Crippen molar-refractivity contribution >= 4 is 11.8 Å². The average Bonchev–Trinajstić information content (AvgIpc) is 3.44. The van der Waals surface area contributed by atoms with Gasteiger partial charge in [0, 0.05) is 6.20 Å². The van der Waals surface area contributed by atoms with Crippen LogP contribution in [-0.2, 0) is 9.53 Å². The molecule has 140 valence electrons. The number of benzene rings is 1. The molecule has 0 heterocycles. The molecule has 0 amide bonds. The number of nitroso groups, excluding NO2 is 1. The molecule has 1 aliphatic rings. The maximum Gasteiger partial charge on any atom is 0.343 e. The smallest absolute Gasteiger partial charge is 0.343 e. The lowest BCUT2D eigenvalue weighted by atomic mass is 10.0. The van der Waals surface area contributed by atoms with Crippen LogP contribution in [0.25, 0.3) is 0 Å². The molecule has 0 radical (unpaired) electrons. The third-order valence-corrected chi connectivity index (χ3v) is 3.58. The standard InChI is InChI=1S/C16H15F3N2O5/c1-3-26-16(23)10(7-21(20-24)8-4-5-8)14(22)9-6-11(17)13(19)15(25-2)12(9)18/h6-8H,3-5H2,1-2H3/b10-7-. The fourth-order valence-corrected chi connectivity index (χ4v) is 2.15. The number of halogens is 3. The molecule has 0 aromatic heterocycles. The fraction of sp³-hybridized carbons (Fsp3) is 0.375. The summed E-state index contributed by atoms with van der Waals surface area (Å²) in [5.41, 5.74) is -1.69. The molecule has 0 N–H and O–H groups in total. The Morgan fingerprint density at radius 3 is 2.46 bits per heavy atom. The number of rotatable bonds is 8. The van der Waals surface area contributed by atoms with Gasteiger partial charge < -0.3 is 9.47 Å². The van der Waals surface area contributed by atoms with Gasteiger partial charge in [-0.15, -0.1) is 4.91 Å². The first-order valence-corrected chi connectivity index (χ1v) is 7.62. The van der Waals surface area contributed by atoms with Crippen LogP contribution < -0.4 is 4.74 Å². The van der Waals surface area contributed by atoms with E-state index in [0.29, 0.717) is 18.9 Å². The third-order valence-electron chi connectivity index (χ3n) is 3.58. The molecular formula is C16H15F3N2O5. The van der Waals surface area contributed by atoms with Crippen molar-refractivity contribution in [1.82, 2.24) is 5.01 Å². The maximum absolute atomic E-state index is 14.3. The lowest BCUT2D eigenvalue weighted by molar-refractivity contribution is -0.138. The van der Waals surface area contributed by atoms with Crippen LogP contribution in [0.3, 0.4) is 0 Å². The molecule has 2 rings (SSSR count). The van der Waals surface area contributed by atoms with Crippen molar-refractivity contribution in [2.75, 3.05) is 13.7 Å². The Hall–Kier alpha value is -2.91. The zero-order chi connectivity index (χ0) is 19.4. The van der Waals surface area contributed by atoms with Crippen LogP contribution in [0.4, 0.5) is 13.2 Å². The number of hydrogen-bond acceptors (Lipinski definition) is 6. The number of carbonyl (C=O) groups excluding carboxylic acids is 2. The summed E-state index contributed by atoms with van der Waals surface area (Å²) in [5, 5.41) is 3.52. The molecule has 1 aromatic rings. The van der Waals surface area contributed by atoms with E-state index < -0.39 is 46.1 Å². The van der Waals surface area contributed by atoms with Gasteiger partial charge in [-0.3, -0.25) is 4.79 Å². The highest BCUT2D eigenvalue weighted by Crippen LogP contribution is 2.30. The predicted molar refractivity (Wildman–Crippen MR) is 82.6 cm³/mol. The minimum absolute atomic E-state index is 0.106. The number of esters is 1. The number of hydrogen-bond donors (Lipinski definition) is 0. The van der Waals surface area contributed by atoms with Gasteiger partial charge in [-0.2, -0.15) is 4.39 Å². The summed E-state index contributed by atoms with van der Waals surface area (Å²) >= 11 is 0. The van der Waals surface area contributed by atoms with E-state index >= 15 is 0 Å². The van der Waals surface area contributed by atoms with E-state index in [1.54, 1.807) is 0 Å². The lowest BCUT2D eigenvalue weighted by Gasteiger charge is -2.13. The van der Waals surface area contributed by atoms with Crippen molar-refractivity contribution in [3.8, 4) is 5.75 Å². The van der Waals surface area contributed by atoms with Crippen LogP contribution >= 0.6 is 0 Å². The summed E-state index contributed by atoms with van der Waals surface area (Å²) in [6.45, 7) is 1.36. The molecule has 1 fully saturated rings. The highest BCUT2D eigenvalue weighted by molar-refractivity contribution is 6.24. The molecule has 1 aromatic carbocycles. The molecule has 0 unspecified atom stereocenters. The molecular weight excluding hydrogens is 357 g/mol. The van der Waals surface area contributed by atoms with Gasteiger partial charge in [0.1, 0.15) is 5.57 Å². The maximum atomic E-state index is 14.3. The molecule has 1 saturated carbocycles. The average molecular weight is 372 g/mol. The SMILES string of the molecule is CCOC(=O)/C(=C\N(N=O)C1CC1)C(=O)c1cc(F)c(F)c(OC)c1F. The quantitative estimate of drug-likeness (QED) is 0.102. The highest BCUT2D eigenvalue weighted by Gasteiger charge is 2.33. The van der Waals surface area contributed by atoms with Crippen LogP contribution in [-0.4, -0.2) is 36.5 Å². The zero-order valence-electron chi connectivity index (χ0n) is 13.9. The minimum Gasteiger partial charge on any atom is -0.491 e. The number of nitrogens with zero attached hydrogens (tertiary/aromatic N) is 2. The Kier molecular flexibility index (Phi) is 5.96. The number of ketones is 1. The number of Topliss-reactive ketones (excluding diaryl/α,β-unsaturated/α-hetero) is 1. The van der Waals surface area contributed by atoms with Crippen molar-refractivity contribution in [3.63, 3.8) is 0 Å². The Bertz CT molecular complexity index is 778. The lowest BCUT2D eigenvalue weighted by Crippen LogP contribution is -2.22. The topological polar surface area (TPSA) is 85.3 Å². The Balaban J connectivity index is 2.53. The van der Waals surface area contributed by atoms with E-state index in [-0.39, 0.29) is 12.6 Å². The van der Waals surface area contributed by atoms with Crippen molar-refractivity contribution in [2.45, 2.75) is 25.8 Å². The third kappa shape index (κ3) is 3.84. The van der Waals surface area contributed by atoms with Crippen molar-refractivity contribution in [2.24, 2.45) is 5.29 Å². The van der Waals surface area contributed by atoms with Gasteiger partial charge in [0.05, 0.1) is 30.6 Å². The monoisotopic (exact) mass is 372 g/mol. The van der Waals surface area contributed by atoms with Gasteiger partial charge in [-0.1, -0.05) is 0 Å². The Morgan fingerprint density at radius 2 is 1.96 bits per heavy atom. The van der Waals surface area contributed by atoms with Gasteiger partial charge in [-0.05, 0) is 25.8 Å². The predicted octanol–water partition coefficient (Wildman–Crippen LogP) is 2.89. The van der Waals surface area contributed by atoms with E-state index in [0.717, 1.165) is 18.3 Å². The number of methoxy groups -OCH3 is 1. The van der Waals surface area contributed by atoms with Crippen LogP contribution in [0.15, 0.2) is 23.1 Å². The molecule has 7 nitrogen and oxygen atoms in total. The number of carbonyl (C=O) groups is 2. The van der Waals surface area contributed by atoms with E-state index in [4.69, 9.17) is 4.74 Å². The first kappa shape index (κ1) is 19.4. The first-order valence-electron chi connectivity index (χ1n) is 7.62. The van der Waals surface area contributed by atoms with Gasteiger partial charge in [-0.25, -0.2) is 18.6 Å². The molecule has 10 heteroatoms. The Morgan fingerprint density at radius 1 is 1.31 bits per heavy atom. The summed E-state index contributed by atoms with van der Waals surface area (Å²) in [6, 6.07) is 0.00679. The van der Waals surface area contributed by atoms with Crippen LogP contribution in [0.2, 0.25) is 0 Å². The van der Waals surface area contributed by atoms with Crippen LogP contribution in [0.5, 0.6) is 5.75 Å². The van der Waals surface area contributed by atoms with Crippen molar-refractivity contribution in [1.29, 1.82) is 0 Å². The van der Waals surface area contributed by atoms with E-state index in [1.165, 1.54) is 6.92 Å². The molecule has 1 aliphatic carbocycles. The van der Waals surface area contributed by atoms with Gasteiger partial charge in [0.15, 0.2) is 17.4 Å². The summed E-state index contributed by atoms with van der Waals surface area (Å²) in [5.74, 6) is -8.20.